The van der Waals surface area contributed by atoms with Gasteiger partial charge in [-0.15, -0.1) is 5.10 Å². The normalized spacial score (nSPS) is 18.4. The molecular weight excluding hydrogens is 1340 g/mol. The standard InChI is InChI=1S/2C25H26FN5O3.C15H18N4O2.C10H10FNO2.CH4/c26-16-6-8-21-19(12-16)18(10-11-28-21)24(32)31-22-9-7-17(13-20(22)23(27)30-31)29-25(33)34-14-15-4-2-1-3-5-15;26-16-6-8-21-19(12-16)18(10-11-28-21)24(32)31-23(27)20-13-17(7-9-22(20)30-31)29-25(33)34-14-15-4-2-1-3-5-15;16-14-12-8-11(6-7-13(12)18-19-14)17-15(20)21-9-10-4-2-1-3-5-10;11-6-1-2-9-8(5-6)7(10(13)14)3-4-12-9;/h1-6,8,12,17-18,28H,7,9-11,13-14H2,(H2,27,30)(H,29,33);1-6,8,12,17-18,28H,7,9-11,13-14,27H2,(H,29,33);1-5,11H,6-9H2,(H,17,20)(H3,16,18,19);1-2,5,7,12H,3-4H2,(H,13,14);1H4/t2*17-,18?;11-;;/m000../s1. The number of nitrogens with zero attached hydrogens (tertiary/aromatic N) is 5. The molecule has 0 saturated heterocycles. The number of aromatic amines is 1. The quantitative estimate of drug-likeness (QED) is 0.0506. The van der Waals surface area contributed by atoms with Crippen molar-refractivity contribution in [3.8, 4) is 0 Å². The number of aromatic nitrogens is 6. The van der Waals surface area contributed by atoms with Gasteiger partial charge in [-0.3, -0.25) is 19.5 Å². The molecule has 6 heterocycles. The zero-order chi connectivity index (χ0) is 72.1. The van der Waals surface area contributed by atoms with Gasteiger partial charge < -0.3 is 68.4 Å². The number of alkyl carbamates (subject to hydrolysis) is 3. The second-order valence-corrected chi connectivity index (χ2v) is 26.0. The molecule has 9 aromatic rings. The predicted octanol–water partition coefficient (Wildman–Crippen LogP) is 11.5. The van der Waals surface area contributed by atoms with E-state index in [0.717, 1.165) is 80.4 Å². The number of fused-ring (bicyclic) bond motifs is 6. The first-order valence-electron chi connectivity index (χ1n) is 34.3. The van der Waals surface area contributed by atoms with Crippen molar-refractivity contribution in [3.05, 3.63) is 230 Å². The number of anilines is 6. The molecule has 25 nitrogen and oxygen atoms in total. The summed E-state index contributed by atoms with van der Waals surface area (Å²) in [5.74, 6) is -3.07. The Morgan fingerprint density at radius 3 is 1.35 bits per heavy atom. The number of aliphatic carboxylic acids is 1. The van der Waals surface area contributed by atoms with E-state index in [0.29, 0.717) is 106 Å². The molecule has 0 spiro atoms. The van der Waals surface area contributed by atoms with Crippen LogP contribution < -0.4 is 49.1 Å². The Kier molecular flexibility index (Phi) is 23.8. The first-order valence-corrected chi connectivity index (χ1v) is 34.3. The van der Waals surface area contributed by atoms with Crippen LogP contribution >= 0.6 is 0 Å². The largest absolute Gasteiger partial charge is 0.481 e. The smallest absolute Gasteiger partial charge is 0.407 e. The summed E-state index contributed by atoms with van der Waals surface area (Å²) in [5, 5.41) is 42.8. The van der Waals surface area contributed by atoms with Crippen molar-refractivity contribution in [1.82, 2.24) is 45.7 Å². The van der Waals surface area contributed by atoms with E-state index in [1.165, 1.54) is 45.8 Å². The average Bonchev–Trinajstić information content (AvgIpc) is 1.64. The van der Waals surface area contributed by atoms with E-state index in [9.17, 15) is 41.9 Å². The van der Waals surface area contributed by atoms with E-state index in [2.05, 4.69) is 52.3 Å². The van der Waals surface area contributed by atoms with Gasteiger partial charge in [0.25, 0.3) is 11.8 Å². The second kappa shape index (κ2) is 33.8. The molecule has 104 heavy (non-hydrogen) atoms. The molecule has 3 unspecified atom stereocenters. The third-order valence-corrected chi connectivity index (χ3v) is 19.1. The highest BCUT2D eigenvalue weighted by Crippen LogP contribution is 2.38. The lowest BCUT2D eigenvalue weighted by atomic mass is 9.89. The zero-order valence-corrected chi connectivity index (χ0v) is 56.3. The lowest BCUT2D eigenvalue weighted by Gasteiger charge is -2.27. The topological polar surface area (TPSA) is 365 Å². The maximum Gasteiger partial charge on any atom is 0.407 e. The van der Waals surface area contributed by atoms with Crippen LogP contribution in [0.2, 0.25) is 0 Å². The summed E-state index contributed by atoms with van der Waals surface area (Å²) in [4.78, 5) is 74.1. The van der Waals surface area contributed by atoms with Gasteiger partial charge in [0.15, 0.2) is 0 Å². The fraction of sp³-hybridized carbons (Fsp3) is 0.329. The molecule has 3 aliphatic heterocycles. The molecule has 3 aliphatic carbocycles. The van der Waals surface area contributed by atoms with Crippen molar-refractivity contribution >= 4 is 70.6 Å². The average molecular weight is 1420 g/mol. The number of nitrogens with two attached hydrogens (primary N) is 3. The van der Waals surface area contributed by atoms with Crippen LogP contribution in [0.15, 0.2) is 146 Å². The zero-order valence-electron chi connectivity index (χ0n) is 56.3. The molecule has 0 saturated carbocycles. The molecular formula is C76H84F3N15O10. The van der Waals surface area contributed by atoms with Crippen molar-refractivity contribution in [2.45, 2.75) is 140 Å². The van der Waals surface area contributed by atoms with E-state index < -0.39 is 47.8 Å². The number of benzene rings is 6. The third-order valence-electron chi connectivity index (χ3n) is 19.1. The highest BCUT2D eigenvalue weighted by Gasteiger charge is 2.37. The number of nitrogens with one attached hydrogen (secondary N) is 7. The number of carbonyl (C=O) groups is 6. The Hall–Kier alpha value is -11.8. The fourth-order valence-corrected chi connectivity index (χ4v) is 13.8. The molecule has 544 valence electrons. The molecule has 6 atom stereocenters. The molecule has 6 aromatic carbocycles. The Balaban J connectivity index is 0.000000145. The Labute approximate surface area is 598 Å². The number of carbonyl (C=O) groups excluding carboxylic acids is 5. The van der Waals surface area contributed by atoms with Crippen LogP contribution in [-0.2, 0) is 77.4 Å². The summed E-state index contributed by atoms with van der Waals surface area (Å²) in [6.45, 7) is 2.50. The van der Waals surface area contributed by atoms with Crippen LogP contribution in [0.4, 0.5) is 62.1 Å². The molecule has 6 aliphatic rings. The number of ether oxygens (including phenoxy) is 3. The number of amides is 3. The van der Waals surface area contributed by atoms with Gasteiger partial charge in [0.1, 0.15) is 54.7 Å². The van der Waals surface area contributed by atoms with Crippen molar-refractivity contribution in [2.24, 2.45) is 0 Å². The summed E-state index contributed by atoms with van der Waals surface area (Å²) in [5.41, 5.74) is 30.3. The SMILES string of the molecule is C.Nc1c2c(nn1C(=O)C1CCNc3ccc(F)cc31)CC[C@H](NC(=O)OCc1ccccc1)C2.Nc1n[nH]c2c1C[C@@H](NC(=O)OCc1ccccc1)CC2.Nc1nn(C(=O)C2CCNc3ccc(F)cc32)c2c1C[C@@H](NC(=O)OCc1ccccc1)CC2.O=C(O)C1CCNc2ccc(F)cc21. The summed E-state index contributed by atoms with van der Waals surface area (Å²) in [6.07, 6.45) is 5.92. The van der Waals surface area contributed by atoms with Crippen LogP contribution in [-0.4, -0.2) is 109 Å². The van der Waals surface area contributed by atoms with Gasteiger partial charge in [-0.1, -0.05) is 98.4 Å². The minimum Gasteiger partial charge on any atom is -0.481 e. The Morgan fingerprint density at radius 2 is 0.885 bits per heavy atom. The highest BCUT2D eigenvalue weighted by molar-refractivity contribution is 5.91. The van der Waals surface area contributed by atoms with E-state index in [1.54, 1.807) is 18.2 Å². The monoisotopic (exact) mass is 1420 g/mol. The summed E-state index contributed by atoms with van der Waals surface area (Å²) in [7, 11) is 0. The van der Waals surface area contributed by atoms with Crippen LogP contribution in [0.1, 0.15) is 140 Å². The van der Waals surface area contributed by atoms with Gasteiger partial charge in [-0.2, -0.15) is 14.9 Å². The predicted molar refractivity (Wildman–Crippen MR) is 385 cm³/mol. The number of halogens is 3. The molecule has 0 bridgehead atoms. The van der Waals surface area contributed by atoms with Crippen LogP contribution in [0, 0.1) is 17.5 Å². The summed E-state index contributed by atoms with van der Waals surface area (Å²) < 4.78 is 59.2. The third kappa shape index (κ3) is 17.9. The van der Waals surface area contributed by atoms with Crippen LogP contribution in [0.25, 0.3) is 0 Å². The number of carboxylic acids is 1. The first kappa shape index (κ1) is 73.4. The Morgan fingerprint density at radius 1 is 0.481 bits per heavy atom. The van der Waals surface area contributed by atoms with Gasteiger partial charge in [-0.05, 0) is 165 Å². The number of H-pyrrole nitrogens is 1. The maximum absolute atomic E-state index is 13.9. The Bertz CT molecular complexity index is 4480. The van der Waals surface area contributed by atoms with E-state index >= 15 is 0 Å². The van der Waals surface area contributed by atoms with Gasteiger partial charge in [-0.25, -0.2) is 32.2 Å². The molecule has 15 rings (SSSR count). The second-order valence-electron chi connectivity index (χ2n) is 26.0. The number of aryl methyl sites for hydroxylation is 2. The van der Waals surface area contributed by atoms with E-state index in [4.69, 9.17) is 36.5 Å². The number of rotatable bonds is 12. The van der Waals surface area contributed by atoms with Crippen LogP contribution in [0.3, 0.4) is 0 Å². The van der Waals surface area contributed by atoms with E-state index in [1.807, 2.05) is 91.0 Å². The highest BCUT2D eigenvalue weighted by atomic mass is 19.1. The van der Waals surface area contributed by atoms with E-state index in [-0.39, 0.29) is 80.5 Å². The van der Waals surface area contributed by atoms with Crippen molar-refractivity contribution < 1.29 is 61.3 Å². The van der Waals surface area contributed by atoms with Crippen molar-refractivity contribution in [3.63, 3.8) is 0 Å². The van der Waals surface area contributed by atoms with Crippen molar-refractivity contribution in [2.75, 3.05) is 52.8 Å². The number of nitrogen functional groups attached to an aromatic ring is 3. The summed E-state index contributed by atoms with van der Waals surface area (Å²) in [6, 6.07) is 41.3. The minimum absolute atomic E-state index is 0. The van der Waals surface area contributed by atoms with Gasteiger partial charge in [0.2, 0.25) is 0 Å². The lowest BCUT2D eigenvalue weighted by Crippen LogP contribution is -2.39. The molecule has 3 amide bonds. The number of hydrogen-bond donors (Lipinski definition) is 11. The molecule has 0 fully saturated rings. The summed E-state index contributed by atoms with van der Waals surface area (Å²) >= 11 is 0. The fourth-order valence-electron chi connectivity index (χ4n) is 13.8. The number of carboxylic acid groups (broad SMARTS) is 1. The maximum atomic E-state index is 13.9. The van der Waals surface area contributed by atoms with Crippen molar-refractivity contribution in [1.29, 1.82) is 0 Å². The number of hydrogen-bond acceptors (Lipinski definition) is 18. The lowest BCUT2D eigenvalue weighted by molar-refractivity contribution is -0.139. The molecule has 3 aromatic heterocycles. The molecule has 28 heteroatoms. The molecule has 14 N–H and O–H groups in total. The first-order chi connectivity index (χ1) is 49.9. The van der Waals surface area contributed by atoms with Crippen LogP contribution in [0.5, 0.6) is 0 Å². The minimum atomic E-state index is -0.890. The van der Waals surface area contributed by atoms with Gasteiger partial charge in [0, 0.05) is 77.2 Å². The molecule has 0 radical (unpaired) electrons. The van der Waals surface area contributed by atoms with Gasteiger partial charge in [0.05, 0.1) is 29.1 Å². The van der Waals surface area contributed by atoms with Gasteiger partial charge >= 0.3 is 24.2 Å².